The normalized spacial score (nSPS) is 14.4. The van der Waals surface area contributed by atoms with E-state index < -0.39 is 0 Å². The lowest BCUT2D eigenvalue weighted by Crippen LogP contribution is -2.40. The van der Waals surface area contributed by atoms with Crippen molar-refractivity contribution in [3.05, 3.63) is 66.4 Å². The Kier molecular flexibility index (Phi) is 5.75. The van der Waals surface area contributed by atoms with Crippen LogP contribution in [0.4, 0.5) is 11.5 Å². The van der Waals surface area contributed by atoms with Crippen LogP contribution in [-0.2, 0) is 10.3 Å². The highest BCUT2D eigenvalue weighted by Gasteiger charge is 2.19. The van der Waals surface area contributed by atoms with Gasteiger partial charge in [0.15, 0.2) is 0 Å². The van der Waals surface area contributed by atoms with Crippen LogP contribution in [0.3, 0.4) is 0 Å². The highest BCUT2D eigenvalue weighted by Crippen LogP contribution is 2.28. The van der Waals surface area contributed by atoms with Crippen molar-refractivity contribution in [1.82, 2.24) is 24.9 Å². The molecule has 0 saturated carbocycles. The number of pyridine rings is 1. The zero-order valence-electron chi connectivity index (χ0n) is 19.7. The molecule has 8 heteroatoms. The third-order valence-electron chi connectivity index (χ3n) is 5.88. The van der Waals surface area contributed by atoms with E-state index in [1.165, 1.54) is 0 Å². The Bertz CT molecular complexity index is 1320. The summed E-state index contributed by atoms with van der Waals surface area (Å²) in [6.07, 6.45) is 1.79. The average Bonchev–Trinajstić information content (AvgIpc) is 3.29. The van der Waals surface area contributed by atoms with Crippen LogP contribution in [0.15, 0.2) is 60.8 Å². The lowest BCUT2D eigenvalue weighted by molar-refractivity contribution is 0.0303. The number of aromatic nitrogens is 4. The van der Waals surface area contributed by atoms with Gasteiger partial charge in [-0.05, 0) is 80.4 Å². The van der Waals surface area contributed by atoms with E-state index in [4.69, 9.17) is 4.74 Å². The molecule has 2 aromatic heterocycles. The zero-order valence-corrected chi connectivity index (χ0v) is 19.7. The number of morpholine rings is 1. The van der Waals surface area contributed by atoms with Gasteiger partial charge in [-0.25, -0.2) is 9.67 Å². The molecule has 0 aliphatic carbocycles. The molecule has 4 aromatic rings. The first-order chi connectivity index (χ1) is 16.4. The van der Waals surface area contributed by atoms with Crippen molar-refractivity contribution < 1.29 is 9.53 Å². The van der Waals surface area contributed by atoms with Gasteiger partial charge in [0.2, 0.25) is 0 Å². The first kappa shape index (κ1) is 22.0. The summed E-state index contributed by atoms with van der Waals surface area (Å²) in [5.41, 5.74) is 5.36. The third-order valence-corrected chi connectivity index (χ3v) is 5.88. The minimum absolute atomic E-state index is 0.0364. The molecule has 1 saturated heterocycles. The van der Waals surface area contributed by atoms with Crippen LogP contribution >= 0.6 is 0 Å². The molecule has 0 bridgehead atoms. The van der Waals surface area contributed by atoms with Crippen molar-refractivity contribution in [3.63, 3.8) is 0 Å². The van der Waals surface area contributed by atoms with Crippen molar-refractivity contribution >= 4 is 28.4 Å². The second-order valence-electron chi connectivity index (χ2n) is 9.41. The number of hydrogen-bond acceptors (Lipinski definition) is 6. The van der Waals surface area contributed by atoms with Gasteiger partial charge in [0.25, 0.3) is 5.91 Å². The standard InChI is InChI=1S/C26H28N6O2/c1-26(2,3)32-23-16-19(6-9-22(23)29-30-32)20-10-11-27-24(17-20)28-21-7-4-18(5-8-21)25(33)31-12-14-34-15-13-31/h4-11,16-17H,12-15H2,1-3H3,(H,27,28). The fourth-order valence-corrected chi connectivity index (χ4v) is 4.07. The van der Waals surface area contributed by atoms with E-state index in [2.05, 4.69) is 53.5 Å². The summed E-state index contributed by atoms with van der Waals surface area (Å²) >= 11 is 0. The predicted molar refractivity (Wildman–Crippen MR) is 132 cm³/mol. The number of carbonyl (C=O) groups is 1. The van der Waals surface area contributed by atoms with Gasteiger partial charge < -0.3 is 15.0 Å². The molecule has 0 spiro atoms. The Labute approximate surface area is 198 Å². The minimum Gasteiger partial charge on any atom is -0.378 e. The Hall–Kier alpha value is -3.78. The largest absolute Gasteiger partial charge is 0.378 e. The van der Waals surface area contributed by atoms with Gasteiger partial charge in [-0.2, -0.15) is 0 Å². The van der Waals surface area contributed by atoms with Gasteiger partial charge in [-0.15, -0.1) is 5.10 Å². The molecule has 1 aliphatic rings. The van der Waals surface area contributed by atoms with Crippen molar-refractivity contribution in [1.29, 1.82) is 0 Å². The Morgan fingerprint density at radius 2 is 1.71 bits per heavy atom. The molecule has 5 rings (SSSR count). The van der Waals surface area contributed by atoms with Gasteiger partial charge in [0.05, 0.1) is 24.3 Å². The summed E-state index contributed by atoms with van der Waals surface area (Å²) in [5.74, 6) is 0.765. The highest BCUT2D eigenvalue weighted by atomic mass is 16.5. The molecular weight excluding hydrogens is 428 g/mol. The number of ether oxygens (including phenoxy) is 1. The van der Waals surface area contributed by atoms with E-state index in [1.54, 1.807) is 6.20 Å². The van der Waals surface area contributed by atoms with Crippen molar-refractivity contribution in [2.45, 2.75) is 26.3 Å². The lowest BCUT2D eigenvalue weighted by atomic mass is 10.0. The van der Waals surface area contributed by atoms with E-state index in [9.17, 15) is 4.79 Å². The summed E-state index contributed by atoms with van der Waals surface area (Å²) in [5, 5.41) is 12.0. The quantitative estimate of drug-likeness (QED) is 0.488. The van der Waals surface area contributed by atoms with Crippen molar-refractivity contribution in [3.8, 4) is 11.1 Å². The SMILES string of the molecule is CC(C)(C)n1nnc2ccc(-c3ccnc(Nc4ccc(C(=O)N5CCOCC5)cc4)c3)cc21. The molecule has 1 N–H and O–H groups in total. The Balaban J connectivity index is 1.35. The van der Waals surface area contributed by atoms with E-state index >= 15 is 0 Å². The molecule has 0 unspecified atom stereocenters. The van der Waals surface area contributed by atoms with Crippen molar-refractivity contribution in [2.75, 3.05) is 31.6 Å². The van der Waals surface area contributed by atoms with Crippen LogP contribution in [0, 0.1) is 0 Å². The van der Waals surface area contributed by atoms with Gasteiger partial charge >= 0.3 is 0 Å². The van der Waals surface area contributed by atoms with E-state index in [0.29, 0.717) is 31.9 Å². The molecule has 0 atom stereocenters. The van der Waals surface area contributed by atoms with Gasteiger partial charge in [-0.3, -0.25) is 4.79 Å². The summed E-state index contributed by atoms with van der Waals surface area (Å²) in [4.78, 5) is 19.0. The first-order valence-corrected chi connectivity index (χ1v) is 11.4. The number of nitrogens with zero attached hydrogens (tertiary/aromatic N) is 5. The van der Waals surface area contributed by atoms with Crippen molar-refractivity contribution in [2.24, 2.45) is 0 Å². The fraction of sp³-hybridized carbons (Fsp3) is 0.308. The fourth-order valence-electron chi connectivity index (χ4n) is 4.07. The maximum absolute atomic E-state index is 12.7. The molecule has 8 nitrogen and oxygen atoms in total. The monoisotopic (exact) mass is 456 g/mol. The molecular formula is C26H28N6O2. The summed E-state index contributed by atoms with van der Waals surface area (Å²) < 4.78 is 7.28. The van der Waals surface area contributed by atoms with Crippen LogP contribution in [0.5, 0.6) is 0 Å². The molecule has 1 fully saturated rings. The number of nitrogens with one attached hydrogen (secondary N) is 1. The zero-order chi connectivity index (χ0) is 23.7. The minimum atomic E-state index is -0.159. The summed E-state index contributed by atoms with van der Waals surface area (Å²) in [6, 6.07) is 17.7. The molecule has 1 amide bonds. The second kappa shape index (κ2) is 8.87. The van der Waals surface area contributed by atoms with Gasteiger partial charge in [-0.1, -0.05) is 11.3 Å². The van der Waals surface area contributed by atoms with Crippen LogP contribution < -0.4 is 5.32 Å². The predicted octanol–water partition coefficient (Wildman–Crippen LogP) is 4.46. The average molecular weight is 457 g/mol. The highest BCUT2D eigenvalue weighted by molar-refractivity contribution is 5.94. The molecule has 34 heavy (non-hydrogen) atoms. The number of benzene rings is 2. The maximum atomic E-state index is 12.7. The molecule has 174 valence electrons. The van der Waals surface area contributed by atoms with E-state index in [-0.39, 0.29) is 11.4 Å². The van der Waals surface area contributed by atoms with Crippen LogP contribution in [0.1, 0.15) is 31.1 Å². The third kappa shape index (κ3) is 4.49. The number of amides is 1. The molecule has 2 aromatic carbocycles. The van der Waals surface area contributed by atoms with E-state index in [0.717, 1.165) is 33.7 Å². The molecule has 3 heterocycles. The lowest BCUT2D eigenvalue weighted by Gasteiger charge is -2.26. The smallest absolute Gasteiger partial charge is 0.254 e. The van der Waals surface area contributed by atoms with Crippen LogP contribution in [0.2, 0.25) is 0 Å². The number of rotatable bonds is 4. The maximum Gasteiger partial charge on any atom is 0.254 e. The summed E-state index contributed by atoms with van der Waals surface area (Å²) in [6.45, 7) is 8.79. The Morgan fingerprint density at radius 1 is 0.971 bits per heavy atom. The number of hydrogen-bond donors (Lipinski definition) is 1. The number of fused-ring (bicyclic) bond motifs is 1. The summed E-state index contributed by atoms with van der Waals surface area (Å²) in [7, 11) is 0. The molecule has 0 radical (unpaired) electrons. The van der Waals surface area contributed by atoms with Gasteiger partial charge in [0.1, 0.15) is 11.3 Å². The number of carbonyl (C=O) groups excluding carboxylic acids is 1. The Morgan fingerprint density at radius 3 is 2.44 bits per heavy atom. The second-order valence-corrected chi connectivity index (χ2v) is 9.41. The first-order valence-electron chi connectivity index (χ1n) is 11.4. The van der Waals surface area contributed by atoms with Crippen LogP contribution in [0.25, 0.3) is 22.2 Å². The van der Waals surface area contributed by atoms with E-state index in [1.807, 2.05) is 52.0 Å². The molecule has 1 aliphatic heterocycles. The topological polar surface area (TPSA) is 85.2 Å². The van der Waals surface area contributed by atoms with Crippen LogP contribution in [-0.4, -0.2) is 57.1 Å². The van der Waals surface area contributed by atoms with Gasteiger partial charge in [0, 0.05) is 30.5 Å². The number of anilines is 2.